The van der Waals surface area contributed by atoms with E-state index in [0.29, 0.717) is 21.6 Å². The summed E-state index contributed by atoms with van der Waals surface area (Å²) in [5, 5.41) is 13.0. The third-order valence-electron chi connectivity index (χ3n) is 2.50. The first-order valence-electron chi connectivity index (χ1n) is 5.40. The number of halogens is 2. The molecule has 0 spiro atoms. The normalized spacial score (nSPS) is 10.3. The van der Waals surface area contributed by atoms with Crippen LogP contribution in [-0.2, 0) is 0 Å². The Hall–Kier alpha value is -1.78. The number of phenols is 1. The van der Waals surface area contributed by atoms with Gasteiger partial charge in [0.15, 0.2) is 0 Å². The van der Waals surface area contributed by atoms with E-state index in [0.717, 1.165) is 0 Å². The highest BCUT2D eigenvalue weighted by atomic mass is 35.5. The minimum absolute atomic E-state index is 0.138. The molecule has 0 atom stereocenters. The molecule has 98 valence electrons. The summed E-state index contributed by atoms with van der Waals surface area (Å²) in [5.41, 5.74) is 1.26. The van der Waals surface area contributed by atoms with E-state index in [1.165, 1.54) is 18.2 Å². The number of nitrogens with one attached hydrogen (secondary N) is 1. The molecule has 1 aromatic heterocycles. The molecule has 2 rings (SSSR count). The summed E-state index contributed by atoms with van der Waals surface area (Å²) in [4.78, 5) is 16.0. The van der Waals surface area contributed by atoms with Crippen LogP contribution in [0.4, 0.5) is 5.69 Å². The van der Waals surface area contributed by atoms with Crippen molar-refractivity contribution in [2.45, 2.75) is 6.92 Å². The van der Waals surface area contributed by atoms with Gasteiger partial charge in [0, 0.05) is 5.02 Å². The van der Waals surface area contributed by atoms with Crippen molar-refractivity contribution in [3.05, 3.63) is 51.8 Å². The second-order valence-corrected chi connectivity index (χ2v) is 4.71. The molecule has 0 unspecified atom stereocenters. The Bertz CT molecular complexity index is 645. The topological polar surface area (TPSA) is 62.2 Å². The molecule has 1 aromatic carbocycles. The number of carbonyl (C=O) groups is 1. The lowest BCUT2D eigenvalue weighted by molar-refractivity contribution is 0.102. The molecule has 1 amide bonds. The largest absolute Gasteiger partial charge is 0.507 e. The van der Waals surface area contributed by atoms with Gasteiger partial charge in [-0.15, -0.1) is 0 Å². The van der Waals surface area contributed by atoms with Crippen LogP contribution in [0, 0.1) is 6.92 Å². The van der Waals surface area contributed by atoms with Crippen LogP contribution < -0.4 is 5.32 Å². The predicted molar refractivity (Wildman–Crippen MR) is 75.1 cm³/mol. The van der Waals surface area contributed by atoms with Crippen molar-refractivity contribution in [3.63, 3.8) is 0 Å². The number of anilines is 1. The Morgan fingerprint density at radius 2 is 2.00 bits per heavy atom. The van der Waals surface area contributed by atoms with Gasteiger partial charge in [-0.1, -0.05) is 23.2 Å². The van der Waals surface area contributed by atoms with E-state index in [9.17, 15) is 9.90 Å². The molecule has 0 aliphatic rings. The number of carbonyl (C=O) groups excluding carboxylic acids is 1. The summed E-state index contributed by atoms with van der Waals surface area (Å²) < 4.78 is 0. The minimum Gasteiger partial charge on any atom is -0.507 e. The average Bonchev–Trinajstić information content (AvgIpc) is 2.32. The quantitative estimate of drug-likeness (QED) is 0.832. The molecule has 0 saturated carbocycles. The Morgan fingerprint density at radius 1 is 1.26 bits per heavy atom. The molecule has 19 heavy (non-hydrogen) atoms. The van der Waals surface area contributed by atoms with Crippen molar-refractivity contribution in [1.29, 1.82) is 0 Å². The standard InChI is InChI=1S/C13H10Cl2N2O2/c1-7-10(4-5-12(15)16-7)17-13(19)9-3-2-8(14)6-11(9)18/h2-6,18H,1H3,(H,17,19). The van der Waals surface area contributed by atoms with Gasteiger partial charge in [-0.3, -0.25) is 4.79 Å². The number of aromatic hydroxyl groups is 1. The van der Waals surface area contributed by atoms with Gasteiger partial charge in [0.2, 0.25) is 0 Å². The fourth-order valence-corrected chi connectivity index (χ4v) is 1.91. The third-order valence-corrected chi connectivity index (χ3v) is 2.95. The smallest absolute Gasteiger partial charge is 0.259 e. The molecule has 0 aliphatic carbocycles. The van der Waals surface area contributed by atoms with E-state index in [2.05, 4.69) is 10.3 Å². The monoisotopic (exact) mass is 296 g/mol. The van der Waals surface area contributed by atoms with Crippen LogP contribution in [0.2, 0.25) is 10.2 Å². The highest BCUT2D eigenvalue weighted by Gasteiger charge is 2.13. The molecule has 0 bridgehead atoms. The van der Waals surface area contributed by atoms with Crippen molar-refractivity contribution in [2.24, 2.45) is 0 Å². The number of benzene rings is 1. The van der Waals surface area contributed by atoms with Crippen LogP contribution in [0.15, 0.2) is 30.3 Å². The molecular formula is C13H10Cl2N2O2. The van der Waals surface area contributed by atoms with Crippen molar-refractivity contribution in [3.8, 4) is 5.75 Å². The number of nitrogens with zero attached hydrogens (tertiary/aromatic N) is 1. The number of hydrogen-bond acceptors (Lipinski definition) is 3. The van der Waals surface area contributed by atoms with Gasteiger partial charge < -0.3 is 10.4 Å². The maximum absolute atomic E-state index is 12.0. The first-order valence-corrected chi connectivity index (χ1v) is 6.16. The highest BCUT2D eigenvalue weighted by Crippen LogP contribution is 2.23. The highest BCUT2D eigenvalue weighted by molar-refractivity contribution is 6.31. The molecule has 4 nitrogen and oxygen atoms in total. The minimum atomic E-state index is -0.443. The lowest BCUT2D eigenvalue weighted by atomic mass is 10.2. The van der Waals surface area contributed by atoms with Gasteiger partial charge in [0.1, 0.15) is 10.9 Å². The summed E-state index contributed by atoms with van der Waals surface area (Å²) in [5.74, 6) is -0.619. The summed E-state index contributed by atoms with van der Waals surface area (Å²) >= 11 is 11.4. The summed E-state index contributed by atoms with van der Waals surface area (Å²) in [6.07, 6.45) is 0. The van der Waals surface area contributed by atoms with Crippen molar-refractivity contribution >= 4 is 34.8 Å². The number of aryl methyl sites for hydroxylation is 1. The maximum Gasteiger partial charge on any atom is 0.259 e. The summed E-state index contributed by atoms with van der Waals surface area (Å²) in [7, 11) is 0. The summed E-state index contributed by atoms with van der Waals surface area (Å²) in [6.45, 7) is 1.73. The van der Waals surface area contributed by atoms with Crippen LogP contribution in [0.25, 0.3) is 0 Å². The number of pyridine rings is 1. The number of amides is 1. The summed E-state index contributed by atoms with van der Waals surface area (Å²) in [6, 6.07) is 7.51. The van der Waals surface area contributed by atoms with Gasteiger partial charge in [0.05, 0.1) is 16.9 Å². The Kier molecular flexibility index (Phi) is 3.93. The van der Waals surface area contributed by atoms with Gasteiger partial charge >= 0.3 is 0 Å². The van der Waals surface area contributed by atoms with E-state index in [4.69, 9.17) is 23.2 Å². The fourth-order valence-electron chi connectivity index (χ4n) is 1.55. The number of aromatic nitrogens is 1. The third kappa shape index (κ3) is 3.16. The predicted octanol–water partition coefficient (Wildman–Crippen LogP) is 3.65. The first-order chi connectivity index (χ1) is 8.97. The van der Waals surface area contributed by atoms with Crippen LogP contribution in [0.3, 0.4) is 0 Å². The average molecular weight is 297 g/mol. The Morgan fingerprint density at radius 3 is 2.63 bits per heavy atom. The van der Waals surface area contributed by atoms with E-state index in [-0.39, 0.29) is 11.3 Å². The lowest BCUT2D eigenvalue weighted by Crippen LogP contribution is -2.13. The maximum atomic E-state index is 12.0. The molecule has 0 aliphatic heterocycles. The molecule has 2 N–H and O–H groups in total. The SMILES string of the molecule is Cc1nc(Cl)ccc1NC(=O)c1ccc(Cl)cc1O. The molecule has 1 heterocycles. The zero-order valence-corrected chi connectivity index (χ0v) is 11.5. The lowest BCUT2D eigenvalue weighted by Gasteiger charge is -2.09. The molecule has 0 fully saturated rings. The van der Waals surface area contributed by atoms with Crippen LogP contribution in [-0.4, -0.2) is 16.0 Å². The van der Waals surface area contributed by atoms with Gasteiger partial charge in [-0.2, -0.15) is 0 Å². The van der Waals surface area contributed by atoms with Crippen molar-refractivity contribution in [1.82, 2.24) is 4.98 Å². The first kappa shape index (κ1) is 13.6. The Balaban J connectivity index is 2.25. The van der Waals surface area contributed by atoms with Crippen LogP contribution in [0.1, 0.15) is 16.1 Å². The van der Waals surface area contributed by atoms with E-state index >= 15 is 0 Å². The zero-order chi connectivity index (χ0) is 14.0. The molecule has 2 aromatic rings. The van der Waals surface area contributed by atoms with E-state index in [1.807, 2.05) is 0 Å². The molecule has 0 radical (unpaired) electrons. The Labute approximate surface area is 120 Å². The second kappa shape index (κ2) is 5.47. The van der Waals surface area contributed by atoms with Crippen molar-refractivity contribution in [2.75, 3.05) is 5.32 Å². The number of hydrogen-bond donors (Lipinski definition) is 2. The van der Waals surface area contributed by atoms with Crippen molar-refractivity contribution < 1.29 is 9.90 Å². The van der Waals surface area contributed by atoms with Crippen LogP contribution >= 0.6 is 23.2 Å². The number of phenolic OH excluding ortho intramolecular Hbond substituents is 1. The molecular weight excluding hydrogens is 287 g/mol. The van der Waals surface area contributed by atoms with E-state index in [1.54, 1.807) is 19.1 Å². The molecule has 0 saturated heterocycles. The van der Waals surface area contributed by atoms with Crippen LogP contribution in [0.5, 0.6) is 5.75 Å². The number of rotatable bonds is 2. The van der Waals surface area contributed by atoms with E-state index < -0.39 is 5.91 Å². The zero-order valence-electron chi connectivity index (χ0n) is 9.95. The van der Waals surface area contributed by atoms with Gasteiger partial charge in [-0.25, -0.2) is 4.98 Å². The van der Waals surface area contributed by atoms with Gasteiger partial charge in [-0.05, 0) is 37.3 Å². The van der Waals surface area contributed by atoms with Gasteiger partial charge in [0.25, 0.3) is 5.91 Å². The second-order valence-electron chi connectivity index (χ2n) is 3.88. The molecule has 6 heteroatoms. The fraction of sp³-hybridized carbons (Fsp3) is 0.0769.